The van der Waals surface area contributed by atoms with E-state index in [9.17, 15) is 13.2 Å². The minimum atomic E-state index is -3.68. The average Bonchev–Trinajstić information content (AvgIpc) is 3.29. The van der Waals surface area contributed by atoms with Gasteiger partial charge in [0.05, 0.1) is 18.6 Å². The second-order valence-electron chi connectivity index (χ2n) is 10.4. The SMILES string of the molecule is COc1cc(C)c(S(=O)(=O)N(C)CCOCC(=O)N(C)C[C@@H]2CC[C@H](N3CCN(C)CC3)C2)c(C)c1. The molecule has 10 heteroatoms. The highest BCUT2D eigenvalue weighted by atomic mass is 32.2. The van der Waals surface area contributed by atoms with E-state index in [1.165, 1.54) is 17.8 Å². The molecule has 2 atom stereocenters. The number of hydrogen-bond donors (Lipinski definition) is 0. The van der Waals surface area contributed by atoms with E-state index in [4.69, 9.17) is 9.47 Å². The Morgan fingerprint density at radius 2 is 1.72 bits per heavy atom. The number of methoxy groups -OCH3 is 1. The maximum Gasteiger partial charge on any atom is 0.248 e. The van der Waals surface area contributed by atoms with Gasteiger partial charge in [-0.15, -0.1) is 0 Å². The minimum absolute atomic E-state index is 0.0421. The van der Waals surface area contributed by atoms with Gasteiger partial charge < -0.3 is 19.3 Å². The summed E-state index contributed by atoms with van der Waals surface area (Å²) in [6, 6.07) is 4.08. The molecule has 1 aliphatic heterocycles. The van der Waals surface area contributed by atoms with Crippen LogP contribution in [0.5, 0.6) is 5.75 Å². The summed E-state index contributed by atoms with van der Waals surface area (Å²) < 4.78 is 38.3. The van der Waals surface area contributed by atoms with Crippen LogP contribution in [0.4, 0.5) is 0 Å². The Morgan fingerprint density at radius 1 is 1.08 bits per heavy atom. The standard InChI is InChI=1S/C26H44N4O5S/c1-20-15-24(34-6)16-21(2)26(20)36(32,33)29(5)13-14-35-19-25(31)28(4)18-22-7-8-23(17-22)30-11-9-27(3)10-12-30/h15-16,22-23H,7-14,17-19H2,1-6H3/t22-,23+/m1/s1. The maximum atomic E-state index is 13.1. The number of hydrogen-bond acceptors (Lipinski definition) is 7. The van der Waals surface area contributed by atoms with Crippen molar-refractivity contribution < 1.29 is 22.7 Å². The highest BCUT2D eigenvalue weighted by Crippen LogP contribution is 2.30. The highest BCUT2D eigenvalue weighted by Gasteiger charge is 2.32. The first kappa shape index (κ1) is 28.8. The number of benzene rings is 1. The van der Waals surface area contributed by atoms with Crippen LogP contribution in [0.2, 0.25) is 0 Å². The number of carbonyl (C=O) groups is 1. The van der Waals surface area contributed by atoms with Crippen molar-refractivity contribution in [3.8, 4) is 5.75 Å². The number of rotatable bonds is 11. The van der Waals surface area contributed by atoms with Crippen LogP contribution < -0.4 is 4.74 Å². The summed E-state index contributed by atoms with van der Waals surface area (Å²) in [5.74, 6) is 1.09. The lowest BCUT2D eigenvalue weighted by Crippen LogP contribution is -2.48. The number of aryl methyl sites for hydroxylation is 2. The van der Waals surface area contributed by atoms with Gasteiger partial charge >= 0.3 is 0 Å². The Hall–Kier alpha value is -1.72. The van der Waals surface area contributed by atoms with E-state index in [0.29, 0.717) is 28.8 Å². The van der Waals surface area contributed by atoms with Crippen molar-refractivity contribution in [2.75, 3.05) is 80.7 Å². The topological polar surface area (TPSA) is 82.6 Å². The van der Waals surface area contributed by atoms with Gasteiger partial charge in [0.15, 0.2) is 0 Å². The van der Waals surface area contributed by atoms with Gasteiger partial charge in [-0.3, -0.25) is 9.69 Å². The Kier molecular flexibility index (Phi) is 10.2. The molecule has 0 bridgehead atoms. The monoisotopic (exact) mass is 524 g/mol. The number of piperazine rings is 1. The Balaban J connectivity index is 1.40. The molecule has 0 radical (unpaired) electrons. The maximum absolute atomic E-state index is 13.1. The second kappa shape index (κ2) is 12.7. The molecule has 1 aromatic rings. The fraction of sp³-hybridized carbons (Fsp3) is 0.731. The van der Waals surface area contributed by atoms with E-state index < -0.39 is 10.0 Å². The molecule has 2 fully saturated rings. The lowest BCUT2D eigenvalue weighted by molar-refractivity contribution is -0.135. The van der Waals surface area contributed by atoms with Crippen LogP contribution in [-0.2, 0) is 19.6 Å². The van der Waals surface area contributed by atoms with Crippen molar-refractivity contribution in [3.63, 3.8) is 0 Å². The van der Waals surface area contributed by atoms with Crippen molar-refractivity contribution in [1.82, 2.24) is 19.0 Å². The molecule has 1 saturated heterocycles. The molecular formula is C26H44N4O5S. The van der Waals surface area contributed by atoms with Gasteiger partial charge in [0, 0.05) is 59.4 Å². The van der Waals surface area contributed by atoms with E-state index in [-0.39, 0.29) is 30.6 Å². The van der Waals surface area contributed by atoms with E-state index >= 15 is 0 Å². The normalized spacial score (nSPS) is 21.8. The van der Waals surface area contributed by atoms with Crippen LogP contribution in [0.25, 0.3) is 0 Å². The first-order valence-electron chi connectivity index (χ1n) is 12.9. The number of likely N-dealkylation sites (N-methyl/N-ethyl adjacent to an activating group) is 3. The van der Waals surface area contributed by atoms with Gasteiger partial charge in [-0.25, -0.2) is 8.42 Å². The third-order valence-electron chi connectivity index (χ3n) is 7.64. The number of sulfonamides is 1. The molecule has 36 heavy (non-hydrogen) atoms. The van der Waals surface area contributed by atoms with E-state index in [1.807, 2.05) is 7.05 Å². The molecule has 1 heterocycles. The number of carbonyl (C=O) groups excluding carboxylic acids is 1. The van der Waals surface area contributed by atoms with Gasteiger partial charge in [-0.05, 0) is 69.3 Å². The number of amides is 1. The highest BCUT2D eigenvalue weighted by molar-refractivity contribution is 7.89. The second-order valence-corrected chi connectivity index (χ2v) is 12.4. The molecule has 0 unspecified atom stereocenters. The molecule has 1 aliphatic carbocycles. The lowest BCUT2D eigenvalue weighted by Gasteiger charge is -2.36. The summed E-state index contributed by atoms with van der Waals surface area (Å²) >= 11 is 0. The smallest absolute Gasteiger partial charge is 0.248 e. The third-order valence-corrected chi connectivity index (χ3v) is 9.80. The Bertz CT molecular complexity index is 971. The van der Waals surface area contributed by atoms with Crippen molar-refractivity contribution in [3.05, 3.63) is 23.3 Å². The Labute approximate surface area is 217 Å². The summed E-state index contributed by atoms with van der Waals surface area (Å²) in [5.41, 5.74) is 1.27. The van der Waals surface area contributed by atoms with E-state index in [0.717, 1.165) is 45.6 Å². The van der Waals surface area contributed by atoms with E-state index in [1.54, 1.807) is 38.0 Å². The quantitative estimate of drug-likeness (QED) is 0.409. The van der Waals surface area contributed by atoms with Crippen LogP contribution in [0.3, 0.4) is 0 Å². The van der Waals surface area contributed by atoms with Crippen LogP contribution in [0, 0.1) is 19.8 Å². The fourth-order valence-corrected chi connectivity index (χ4v) is 6.95. The molecule has 1 aromatic carbocycles. The van der Waals surface area contributed by atoms with Crippen molar-refractivity contribution in [2.24, 2.45) is 5.92 Å². The third kappa shape index (κ3) is 7.19. The predicted octanol–water partition coefficient (Wildman–Crippen LogP) is 1.82. The average molecular weight is 525 g/mol. The first-order chi connectivity index (χ1) is 17.0. The molecule has 0 aromatic heterocycles. The summed E-state index contributed by atoms with van der Waals surface area (Å²) in [6.45, 7) is 9.09. The zero-order valence-corrected chi connectivity index (χ0v) is 23.6. The lowest BCUT2D eigenvalue weighted by atomic mass is 10.1. The fourth-order valence-electron chi connectivity index (χ4n) is 5.40. The molecule has 1 amide bonds. The van der Waals surface area contributed by atoms with Gasteiger partial charge in [0.25, 0.3) is 0 Å². The van der Waals surface area contributed by atoms with Crippen LogP contribution in [0.15, 0.2) is 17.0 Å². The van der Waals surface area contributed by atoms with Gasteiger partial charge in [-0.2, -0.15) is 4.31 Å². The van der Waals surface area contributed by atoms with Crippen molar-refractivity contribution in [2.45, 2.75) is 44.0 Å². The molecule has 1 saturated carbocycles. The number of ether oxygens (including phenoxy) is 2. The molecular weight excluding hydrogens is 480 g/mol. The van der Waals surface area contributed by atoms with Crippen LogP contribution in [0.1, 0.15) is 30.4 Å². The van der Waals surface area contributed by atoms with Gasteiger partial charge in [-0.1, -0.05) is 0 Å². The van der Waals surface area contributed by atoms with Gasteiger partial charge in [0.2, 0.25) is 15.9 Å². The predicted molar refractivity (Wildman–Crippen MR) is 141 cm³/mol. The summed E-state index contributed by atoms with van der Waals surface area (Å²) in [6.07, 6.45) is 3.51. The van der Waals surface area contributed by atoms with Crippen LogP contribution in [-0.4, -0.2) is 120 Å². The zero-order chi connectivity index (χ0) is 26.5. The summed E-state index contributed by atoms with van der Waals surface area (Å²) in [4.78, 5) is 19.6. The first-order valence-corrected chi connectivity index (χ1v) is 14.3. The van der Waals surface area contributed by atoms with Crippen molar-refractivity contribution in [1.29, 1.82) is 0 Å². The largest absolute Gasteiger partial charge is 0.497 e. The Morgan fingerprint density at radius 3 is 2.33 bits per heavy atom. The van der Waals surface area contributed by atoms with Crippen LogP contribution >= 0.6 is 0 Å². The molecule has 204 valence electrons. The summed E-state index contributed by atoms with van der Waals surface area (Å²) in [5, 5.41) is 0. The zero-order valence-electron chi connectivity index (χ0n) is 22.8. The summed E-state index contributed by atoms with van der Waals surface area (Å²) in [7, 11) is 3.43. The van der Waals surface area contributed by atoms with Gasteiger partial charge in [0.1, 0.15) is 12.4 Å². The molecule has 3 rings (SSSR count). The minimum Gasteiger partial charge on any atom is -0.497 e. The molecule has 0 spiro atoms. The van der Waals surface area contributed by atoms with E-state index in [2.05, 4.69) is 16.8 Å². The number of nitrogens with zero attached hydrogens (tertiary/aromatic N) is 4. The van der Waals surface area contributed by atoms with Crippen molar-refractivity contribution >= 4 is 15.9 Å². The molecule has 9 nitrogen and oxygen atoms in total. The molecule has 0 N–H and O–H groups in total. The molecule has 2 aliphatic rings.